The molecule has 16 heavy (non-hydrogen) atoms. The molecule has 2 rings (SSSR count). The number of ketones is 1. The first-order valence-corrected chi connectivity index (χ1v) is 5.84. The van der Waals surface area contributed by atoms with Gasteiger partial charge in [0.05, 0.1) is 0 Å². The molecule has 0 aromatic rings. The molecule has 0 aromatic carbocycles. The van der Waals surface area contributed by atoms with Gasteiger partial charge in [0.1, 0.15) is 5.76 Å². The van der Waals surface area contributed by atoms with Crippen LogP contribution < -0.4 is 5.73 Å². The van der Waals surface area contributed by atoms with Gasteiger partial charge in [-0.1, -0.05) is 20.8 Å². The molecule has 1 aliphatic heterocycles. The maximum atomic E-state index is 12.1. The lowest BCUT2D eigenvalue weighted by Gasteiger charge is -2.35. The summed E-state index contributed by atoms with van der Waals surface area (Å²) >= 11 is 0. The zero-order valence-electron chi connectivity index (χ0n) is 10.2. The van der Waals surface area contributed by atoms with E-state index in [0.717, 1.165) is 24.2 Å². The third-order valence-corrected chi connectivity index (χ3v) is 3.30. The largest absolute Gasteiger partial charge is 0.446 e. The van der Waals surface area contributed by atoms with Gasteiger partial charge in [-0.05, 0) is 17.9 Å². The van der Waals surface area contributed by atoms with Gasteiger partial charge in [0, 0.05) is 24.3 Å². The van der Waals surface area contributed by atoms with E-state index in [9.17, 15) is 4.79 Å². The van der Waals surface area contributed by atoms with Crippen LogP contribution in [-0.4, -0.2) is 5.78 Å². The Hall–Kier alpha value is -1.25. The second kappa shape index (κ2) is 3.65. The molecule has 1 atom stereocenters. The molecule has 0 saturated heterocycles. The minimum absolute atomic E-state index is 0.00811. The summed E-state index contributed by atoms with van der Waals surface area (Å²) in [6.45, 7) is 6.25. The minimum Gasteiger partial charge on any atom is -0.446 e. The van der Waals surface area contributed by atoms with Gasteiger partial charge in [0.2, 0.25) is 0 Å². The summed E-state index contributed by atoms with van der Waals surface area (Å²) < 4.78 is 5.53. The zero-order valence-corrected chi connectivity index (χ0v) is 10.2. The van der Waals surface area contributed by atoms with Gasteiger partial charge in [-0.3, -0.25) is 4.79 Å². The van der Waals surface area contributed by atoms with Crippen molar-refractivity contribution in [2.75, 3.05) is 0 Å². The Morgan fingerprint density at radius 3 is 2.81 bits per heavy atom. The van der Waals surface area contributed by atoms with Crippen LogP contribution in [0.15, 0.2) is 23.3 Å². The van der Waals surface area contributed by atoms with Gasteiger partial charge in [-0.25, -0.2) is 0 Å². The first-order valence-electron chi connectivity index (χ1n) is 5.84. The SMILES string of the molecule is CCC1C=C(N)OC2=C1C(=O)CC(C)(C)C2. The fourth-order valence-electron chi connectivity index (χ4n) is 2.56. The fraction of sp³-hybridized carbons (Fsp3) is 0.615. The molecule has 2 N–H and O–H groups in total. The van der Waals surface area contributed by atoms with E-state index >= 15 is 0 Å². The second-order valence-electron chi connectivity index (χ2n) is 5.46. The summed E-state index contributed by atoms with van der Waals surface area (Å²) in [5.74, 6) is 1.61. The number of nitrogens with two attached hydrogens (primary N) is 1. The summed E-state index contributed by atoms with van der Waals surface area (Å²) in [6, 6.07) is 0. The van der Waals surface area contributed by atoms with Crippen LogP contribution in [-0.2, 0) is 9.53 Å². The Labute approximate surface area is 96.3 Å². The molecule has 0 amide bonds. The van der Waals surface area contributed by atoms with E-state index in [2.05, 4.69) is 20.8 Å². The lowest BCUT2D eigenvalue weighted by Crippen LogP contribution is -2.32. The lowest BCUT2D eigenvalue weighted by molar-refractivity contribution is -0.119. The van der Waals surface area contributed by atoms with Crippen molar-refractivity contribution in [3.8, 4) is 0 Å². The maximum absolute atomic E-state index is 12.1. The van der Waals surface area contributed by atoms with Crippen LogP contribution in [0.3, 0.4) is 0 Å². The number of allylic oxidation sites excluding steroid dienone is 3. The summed E-state index contributed by atoms with van der Waals surface area (Å²) in [7, 11) is 0. The summed E-state index contributed by atoms with van der Waals surface area (Å²) in [4.78, 5) is 12.1. The molecule has 0 spiro atoms. The van der Waals surface area contributed by atoms with Gasteiger partial charge >= 0.3 is 0 Å². The molecule has 2 aliphatic rings. The van der Waals surface area contributed by atoms with Crippen molar-refractivity contribution < 1.29 is 9.53 Å². The molecule has 3 heteroatoms. The number of hydrogen-bond acceptors (Lipinski definition) is 3. The Bertz CT molecular complexity index is 391. The van der Waals surface area contributed by atoms with Crippen LogP contribution in [0.25, 0.3) is 0 Å². The van der Waals surface area contributed by atoms with Crippen molar-refractivity contribution >= 4 is 5.78 Å². The van der Waals surface area contributed by atoms with Crippen molar-refractivity contribution in [2.45, 2.75) is 40.0 Å². The molecule has 3 nitrogen and oxygen atoms in total. The van der Waals surface area contributed by atoms with Crippen molar-refractivity contribution in [3.63, 3.8) is 0 Å². The molecule has 88 valence electrons. The van der Waals surface area contributed by atoms with Crippen LogP contribution in [0.1, 0.15) is 40.0 Å². The predicted octanol–water partition coefficient (Wildman–Crippen LogP) is 2.49. The van der Waals surface area contributed by atoms with E-state index in [1.807, 2.05) is 6.08 Å². The third kappa shape index (κ3) is 1.86. The second-order valence-corrected chi connectivity index (χ2v) is 5.46. The Morgan fingerprint density at radius 2 is 2.19 bits per heavy atom. The zero-order chi connectivity index (χ0) is 11.9. The average Bonchev–Trinajstić information content (AvgIpc) is 2.13. The van der Waals surface area contributed by atoms with E-state index in [1.165, 1.54) is 0 Å². The monoisotopic (exact) mass is 221 g/mol. The van der Waals surface area contributed by atoms with Crippen molar-refractivity contribution in [2.24, 2.45) is 17.1 Å². The van der Waals surface area contributed by atoms with Crippen LogP contribution in [0.2, 0.25) is 0 Å². The van der Waals surface area contributed by atoms with Crippen LogP contribution in [0.4, 0.5) is 0 Å². The van der Waals surface area contributed by atoms with E-state index < -0.39 is 0 Å². The fourth-order valence-corrected chi connectivity index (χ4v) is 2.56. The van der Waals surface area contributed by atoms with Gasteiger partial charge < -0.3 is 10.5 Å². The van der Waals surface area contributed by atoms with Gasteiger partial charge in [0.25, 0.3) is 0 Å². The maximum Gasteiger partial charge on any atom is 0.186 e. The highest BCUT2D eigenvalue weighted by molar-refractivity contribution is 5.98. The van der Waals surface area contributed by atoms with E-state index in [1.54, 1.807) is 0 Å². The van der Waals surface area contributed by atoms with Gasteiger partial charge in [-0.2, -0.15) is 0 Å². The first-order chi connectivity index (χ1) is 7.43. The standard InChI is InChI=1S/C13H19NO2/c1-4-8-5-11(14)16-10-7-13(2,3)6-9(15)12(8)10/h5,8H,4,6-7,14H2,1-3H3. The van der Waals surface area contributed by atoms with Crippen molar-refractivity contribution in [3.05, 3.63) is 23.3 Å². The molecule has 0 radical (unpaired) electrons. The molecule has 0 fully saturated rings. The van der Waals surface area contributed by atoms with Gasteiger partial charge in [-0.15, -0.1) is 0 Å². The highest BCUT2D eigenvalue weighted by atomic mass is 16.5. The Morgan fingerprint density at radius 1 is 1.50 bits per heavy atom. The normalized spacial score (nSPS) is 28.3. The minimum atomic E-state index is -0.00811. The number of hydrogen-bond donors (Lipinski definition) is 1. The van der Waals surface area contributed by atoms with Crippen molar-refractivity contribution in [1.29, 1.82) is 0 Å². The molecular formula is C13H19NO2. The van der Waals surface area contributed by atoms with Crippen LogP contribution in [0, 0.1) is 11.3 Å². The predicted molar refractivity (Wildman–Crippen MR) is 62.2 cm³/mol. The number of Topliss-reactive ketones (excluding diaryl/α,β-unsaturated/α-hetero) is 1. The Balaban J connectivity index is 2.39. The summed E-state index contributed by atoms with van der Waals surface area (Å²) in [5, 5.41) is 0. The number of carbonyl (C=O) groups excluding carboxylic acids is 1. The van der Waals surface area contributed by atoms with Crippen molar-refractivity contribution in [1.82, 2.24) is 0 Å². The smallest absolute Gasteiger partial charge is 0.186 e. The molecule has 1 aliphatic carbocycles. The first kappa shape index (κ1) is 11.2. The molecule has 0 saturated carbocycles. The number of carbonyl (C=O) groups is 1. The van der Waals surface area contributed by atoms with Crippen LogP contribution >= 0.6 is 0 Å². The number of ether oxygens (including phenoxy) is 1. The summed E-state index contributed by atoms with van der Waals surface area (Å²) in [5.41, 5.74) is 6.58. The Kier molecular flexibility index (Phi) is 2.56. The van der Waals surface area contributed by atoms with E-state index in [0.29, 0.717) is 12.3 Å². The molecule has 0 bridgehead atoms. The third-order valence-electron chi connectivity index (χ3n) is 3.30. The van der Waals surface area contributed by atoms with E-state index in [4.69, 9.17) is 10.5 Å². The van der Waals surface area contributed by atoms with Gasteiger partial charge in [0.15, 0.2) is 11.7 Å². The number of rotatable bonds is 1. The molecule has 1 unspecified atom stereocenters. The highest BCUT2D eigenvalue weighted by Gasteiger charge is 2.38. The lowest BCUT2D eigenvalue weighted by atomic mass is 9.73. The summed E-state index contributed by atoms with van der Waals surface area (Å²) in [6.07, 6.45) is 4.17. The molecular weight excluding hydrogens is 202 g/mol. The van der Waals surface area contributed by atoms with E-state index in [-0.39, 0.29) is 17.1 Å². The van der Waals surface area contributed by atoms with Crippen LogP contribution in [0.5, 0.6) is 0 Å². The topological polar surface area (TPSA) is 52.3 Å². The molecule has 1 heterocycles. The molecule has 0 aromatic heterocycles. The highest BCUT2D eigenvalue weighted by Crippen LogP contribution is 2.42. The quantitative estimate of drug-likeness (QED) is 0.740. The average molecular weight is 221 g/mol.